The van der Waals surface area contributed by atoms with Crippen LogP contribution in [-0.4, -0.2) is 80.5 Å². The Morgan fingerprint density at radius 3 is 2.16 bits per heavy atom. The molecule has 14 heteroatoms. The molecule has 0 radical (unpaired) electrons. The number of aryl methyl sites for hydroxylation is 1. The normalized spacial score (nSPS) is 20.0. The number of benzene rings is 2. The Balaban J connectivity index is 1.40. The molecule has 236 valence electrons. The summed E-state index contributed by atoms with van der Waals surface area (Å²) in [4.78, 5) is 27.7. The van der Waals surface area contributed by atoms with Crippen molar-refractivity contribution in [2.24, 2.45) is 5.92 Å². The van der Waals surface area contributed by atoms with E-state index in [0.717, 1.165) is 35.6 Å². The number of ether oxygens (including phenoxy) is 4. The van der Waals surface area contributed by atoms with Crippen LogP contribution in [0.15, 0.2) is 53.4 Å². The summed E-state index contributed by atoms with van der Waals surface area (Å²) in [5, 5.41) is 0. The Kier molecular flexibility index (Phi) is 9.92. The summed E-state index contributed by atoms with van der Waals surface area (Å²) < 4.78 is 85.2. The molecule has 1 unspecified atom stereocenters. The van der Waals surface area contributed by atoms with Gasteiger partial charge >= 0.3 is 12.3 Å². The van der Waals surface area contributed by atoms with Gasteiger partial charge in [-0.05, 0) is 68.1 Å². The molecule has 0 spiro atoms. The number of hydrogen-bond acceptors (Lipinski definition) is 8. The molecule has 1 amide bonds. The summed E-state index contributed by atoms with van der Waals surface area (Å²) in [7, 11) is -4.03. The van der Waals surface area contributed by atoms with Gasteiger partial charge in [0, 0.05) is 40.0 Å². The van der Waals surface area contributed by atoms with Crippen molar-refractivity contribution in [2.45, 2.75) is 63.2 Å². The molecule has 2 aliphatic rings. The molecule has 2 atom stereocenters. The van der Waals surface area contributed by atoms with E-state index in [2.05, 4.69) is 4.74 Å². The van der Waals surface area contributed by atoms with E-state index in [-0.39, 0.29) is 37.0 Å². The second-order valence-corrected chi connectivity index (χ2v) is 12.6. The Labute approximate surface area is 248 Å². The number of carbonyl (C=O) groups excluding carboxylic acids is 2. The van der Waals surface area contributed by atoms with Crippen molar-refractivity contribution in [1.29, 1.82) is 0 Å². The maximum absolute atomic E-state index is 13.7. The van der Waals surface area contributed by atoms with Crippen LogP contribution < -0.4 is 9.47 Å². The van der Waals surface area contributed by atoms with Gasteiger partial charge in [0.2, 0.25) is 21.7 Å². The summed E-state index contributed by atoms with van der Waals surface area (Å²) in [6, 6.07) is 11.6. The minimum atomic E-state index is -4.90. The van der Waals surface area contributed by atoms with E-state index in [0.29, 0.717) is 25.9 Å². The number of amides is 1. The van der Waals surface area contributed by atoms with Crippen LogP contribution in [0.25, 0.3) is 0 Å². The lowest BCUT2D eigenvalue weighted by molar-refractivity contribution is -0.274. The van der Waals surface area contributed by atoms with Gasteiger partial charge in [-0.25, -0.2) is 13.2 Å². The van der Waals surface area contributed by atoms with Gasteiger partial charge in [0.1, 0.15) is 11.5 Å². The van der Waals surface area contributed by atoms with Crippen molar-refractivity contribution in [3.05, 3.63) is 54.1 Å². The standard InChI is InChI=1S/C29H35F3N2O8S/c1-4-39-21-10-8-20(9-11-21)6-5-7-24(25-27(36)42-28(2,3)41-25)26(35)33-16-18-34(19-17-33)43(37,38)23-14-12-22(13-15-23)40-29(30,31)32/h8-15,24-25H,4-7,16-19H2,1-3H3/t24?,25-/m0/s1. The maximum atomic E-state index is 13.7. The van der Waals surface area contributed by atoms with Crippen LogP contribution >= 0.6 is 0 Å². The van der Waals surface area contributed by atoms with E-state index < -0.39 is 45.9 Å². The Morgan fingerprint density at radius 2 is 1.63 bits per heavy atom. The van der Waals surface area contributed by atoms with Crippen LogP contribution in [0.5, 0.6) is 11.5 Å². The second-order valence-electron chi connectivity index (χ2n) is 10.7. The molecule has 2 aliphatic heterocycles. The Hall–Kier alpha value is -3.36. The summed E-state index contributed by atoms with van der Waals surface area (Å²) in [5.41, 5.74) is 1.04. The lowest BCUT2D eigenvalue weighted by Gasteiger charge is -2.36. The average Bonchev–Trinajstić information content (AvgIpc) is 3.22. The van der Waals surface area contributed by atoms with E-state index in [1.165, 1.54) is 9.21 Å². The lowest BCUT2D eigenvalue weighted by Crippen LogP contribution is -2.53. The maximum Gasteiger partial charge on any atom is 0.573 e. The van der Waals surface area contributed by atoms with Gasteiger partial charge in [0.25, 0.3) is 0 Å². The van der Waals surface area contributed by atoms with Crippen molar-refractivity contribution in [1.82, 2.24) is 9.21 Å². The average molecular weight is 629 g/mol. The van der Waals surface area contributed by atoms with E-state index in [4.69, 9.17) is 14.2 Å². The largest absolute Gasteiger partial charge is 0.573 e. The van der Waals surface area contributed by atoms with Gasteiger partial charge in [-0.1, -0.05) is 12.1 Å². The number of piperazine rings is 1. The molecule has 10 nitrogen and oxygen atoms in total. The molecule has 0 N–H and O–H groups in total. The van der Waals surface area contributed by atoms with Crippen molar-refractivity contribution in [3.8, 4) is 11.5 Å². The van der Waals surface area contributed by atoms with Crippen LogP contribution in [0.4, 0.5) is 13.2 Å². The fourth-order valence-corrected chi connectivity index (χ4v) is 6.54. The molecule has 2 aromatic rings. The SMILES string of the molecule is CCOc1ccc(CCCC(C(=O)N2CCN(S(=O)(=O)c3ccc(OC(F)(F)F)cc3)CC2)[C@@H]2OC(C)(C)OC2=O)cc1. The van der Waals surface area contributed by atoms with Gasteiger partial charge < -0.3 is 23.8 Å². The fourth-order valence-electron chi connectivity index (χ4n) is 5.12. The first kappa shape index (κ1) is 32.6. The molecular formula is C29H35F3N2O8S. The highest BCUT2D eigenvalue weighted by Gasteiger charge is 2.48. The molecule has 2 aromatic carbocycles. The van der Waals surface area contributed by atoms with E-state index >= 15 is 0 Å². The molecule has 0 aromatic heterocycles. The number of cyclic esters (lactones) is 1. The Bertz CT molecular complexity index is 1370. The fraction of sp³-hybridized carbons (Fsp3) is 0.517. The summed E-state index contributed by atoms with van der Waals surface area (Å²) >= 11 is 0. The number of esters is 1. The van der Waals surface area contributed by atoms with E-state index in [1.807, 2.05) is 31.2 Å². The molecule has 0 bridgehead atoms. The predicted molar refractivity (Wildman–Crippen MR) is 148 cm³/mol. The van der Waals surface area contributed by atoms with Crippen molar-refractivity contribution >= 4 is 21.9 Å². The van der Waals surface area contributed by atoms with Gasteiger partial charge in [0.15, 0.2) is 6.10 Å². The molecular weight excluding hydrogens is 593 g/mol. The van der Waals surface area contributed by atoms with Crippen molar-refractivity contribution < 1.29 is 50.1 Å². The molecule has 2 heterocycles. The highest BCUT2D eigenvalue weighted by atomic mass is 32.2. The monoisotopic (exact) mass is 628 g/mol. The van der Waals surface area contributed by atoms with Crippen LogP contribution in [0.1, 0.15) is 39.2 Å². The second kappa shape index (κ2) is 13.1. The van der Waals surface area contributed by atoms with Crippen LogP contribution in [0.3, 0.4) is 0 Å². The number of alkyl halides is 3. The zero-order valence-electron chi connectivity index (χ0n) is 24.1. The topological polar surface area (TPSA) is 112 Å². The van der Waals surface area contributed by atoms with Gasteiger partial charge in [-0.2, -0.15) is 4.31 Å². The number of nitrogens with zero attached hydrogens (tertiary/aromatic N) is 2. The van der Waals surface area contributed by atoms with Crippen LogP contribution in [0.2, 0.25) is 0 Å². The van der Waals surface area contributed by atoms with Gasteiger partial charge in [-0.15, -0.1) is 13.2 Å². The van der Waals surface area contributed by atoms with Crippen molar-refractivity contribution in [3.63, 3.8) is 0 Å². The van der Waals surface area contributed by atoms with Crippen LogP contribution in [0, 0.1) is 5.92 Å². The predicted octanol–water partition coefficient (Wildman–Crippen LogP) is 4.13. The smallest absolute Gasteiger partial charge is 0.494 e. The third-order valence-corrected chi connectivity index (χ3v) is 9.05. The molecule has 2 saturated heterocycles. The molecule has 43 heavy (non-hydrogen) atoms. The number of carbonyl (C=O) groups is 2. The summed E-state index contributed by atoms with van der Waals surface area (Å²) in [5.74, 6) is -2.74. The Morgan fingerprint density at radius 1 is 1.02 bits per heavy atom. The highest BCUT2D eigenvalue weighted by molar-refractivity contribution is 7.89. The molecule has 4 rings (SSSR count). The third kappa shape index (κ3) is 8.39. The molecule has 0 saturated carbocycles. The first-order valence-corrected chi connectivity index (χ1v) is 15.4. The van der Waals surface area contributed by atoms with Gasteiger partial charge in [-0.3, -0.25) is 4.79 Å². The molecule has 2 fully saturated rings. The van der Waals surface area contributed by atoms with E-state index in [1.54, 1.807) is 13.8 Å². The zero-order valence-corrected chi connectivity index (χ0v) is 24.9. The minimum Gasteiger partial charge on any atom is -0.494 e. The molecule has 0 aliphatic carbocycles. The number of hydrogen-bond donors (Lipinski definition) is 0. The third-order valence-electron chi connectivity index (χ3n) is 7.13. The van der Waals surface area contributed by atoms with Gasteiger partial charge in [0.05, 0.1) is 17.4 Å². The summed E-state index contributed by atoms with van der Waals surface area (Å²) in [6.45, 7) is 5.72. The first-order valence-electron chi connectivity index (χ1n) is 14.0. The van der Waals surface area contributed by atoms with Crippen molar-refractivity contribution in [2.75, 3.05) is 32.8 Å². The number of halogens is 3. The number of sulfonamides is 1. The zero-order chi connectivity index (χ0) is 31.4. The number of rotatable bonds is 11. The lowest BCUT2D eigenvalue weighted by atomic mass is 9.92. The summed E-state index contributed by atoms with van der Waals surface area (Å²) in [6.07, 6.45) is -4.42. The first-order chi connectivity index (χ1) is 20.2. The van der Waals surface area contributed by atoms with Crippen LogP contribution in [-0.2, 0) is 35.5 Å². The minimum absolute atomic E-state index is 0.0325. The quantitative estimate of drug-likeness (QED) is 0.342. The highest BCUT2D eigenvalue weighted by Crippen LogP contribution is 2.32. The van der Waals surface area contributed by atoms with E-state index in [9.17, 15) is 31.2 Å².